The van der Waals surface area contributed by atoms with Gasteiger partial charge in [-0.25, -0.2) is 9.78 Å². The number of carbonyl (C=O) groups is 2. The molecular formula is C36H43BN2O7. The number of carbonyl (C=O) groups excluding carboxylic acids is 2. The molecule has 9 nitrogen and oxygen atoms in total. The summed E-state index contributed by atoms with van der Waals surface area (Å²) in [7, 11) is 1.21. The van der Waals surface area contributed by atoms with Crippen molar-refractivity contribution in [3.05, 3.63) is 65.9 Å². The van der Waals surface area contributed by atoms with Gasteiger partial charge in [-0.1, -0.05) is 36.4 Å². The number of aromatic nitrogens is 1. The Labute approximate surface area is 271 Å². The molecule has 1 aliphatic carbocycles. The van der Waals surface area contributed by atoms with Crippen LogP contribution >= 0.6 is 0 Å². The molecule has 1 spiro atoms. The van der Waals surface area contributed by atoms with Crippen LogP contribution in [0.15, 0.2) is 54.7 Å². The number of amides is 1. The molecule has 7 rings (SSSR count). The fourth-order valence-corrected chi connectivity index (χ4v) is 7.30. The molecule has 242 valence electrons. The Hall–Kier alpha value is -3.47. The van der Waals surface area contributed by atoms with Crippen molar-refractivity contribution in [1.82, 2.24) is 9.88 Å². The van der Waals surface area contributed by atoms with Crippen LogP contribution in [-0.4, -0.2) is 79.6 Å². The van der Waals surface area contributed by atoms with Gasteiger partial charge in [-0.05, 0) is 87.2 Å². The summed E-state index contributed by atoms with van der Waals surface area (Å²) in [5.74, 6) is 0.646. The van der Waals surface area contributed by atoms with Gasteiger partial charge in [0.25, 0.3) is 5.91 Å². The summed E-state index contributed by atoms with van der Waals surface area (Å²) in [5.41, 5.74) is 2.43. The zero-order valence-corrected chi connectivity index (χ0v) is 27.4. The van der Waals surface area contributed by atoms with Gasteiger partial charge in [0.1, 0.15) is 6.10 Å². The third-order valence-corrected chi connectivity index (χ3v) is 11.1. The number of ether oxygens (including phenoxy) is 3. The molecule has 2 unspecified atom stereocenters. The largest absolute Gasteiger partial charge is 0.494 e. The third-order valence-electron chi connectivity index (χ3n) is 11.1. The molecular weight excluding hydrogens is 583 g/mol. The second kappa shape index (κ2) is 11.7. The van der Waals surface area contributed by atoms with Gasteiger partial charge < -0.3 is 28.4 Å². The van der Waals surface area contributed by atoms with E-state index in [4.69, 9.17) is 23.5 Å². The van der Waals surface area contributed by atoms with Gasteiger partial charge in [0.15, 0.2) is 0 Å². The summed E-state index contributed by atoms with van der Waals surface area (Å²) < 4.78 is 29.2. The number of likely N-dealkylation sites (tertiary alicyclic amines) is 1. The number of nitrogens with zero attached hydrogens (tertiary/aromatic N) is 2. The van der Waals surface area contributed by atoms with Crippen LogP contribution in [0.2, 0.25) is 0 Å². The molecule has 10 heteroatoms. The van der Waals surface area contributed by atoms with Crippen molar-refractivity contribution < 1.29 is 33.1 Å². The van der Waals surface area contributed by atoms with Gasteiger partial charge in [0.2, 0.25) is 5.88 Å². The molecule has 3 aliphatic heterocycles. The second-order valence-electron chi connectivity index (χ2n) is 14.5. The summed E-state index contributed by atoms with van der Waals surface area (Å²) in [6.07, 6.45) is 4.87. The van der Waals surface area contributed by atoms with Gasteiger partial charge in [0, 0.05) is 36.7 Å². The number of esters is 1. The minimum absolute atomic E-state index is 0.0183. The van der Waals surface area contributed by atoms with Crippen molar-refractivity contribution in [2.24, 2.45) is 11.3 Å². The highest BCUT2D eigenvalue weighted by Gasteiger charge is 2.56. The summed E-state index contributed by atoms with van der Waals surface area (Å²) in [5, 5.41) is 1.57. The fraction of sp³-hybridized carbons (Fsp3) is 0.528. The first kappa shape index (κ1) is 31.2. The smallest absolute Gasteiger partial charge is 0.481 e. The van der Waals surface area contributed by atoms with E-state index in [1.54, 1.807) is 25.4 Å². The summed E-state index contributed by atoms with van der Waals surface area (Å²) in [6, 6.07) is 16.0. The molecule has 0 N–H and O–H groups in total. The summed E-state index contributed by atoms with van der Waals surface area (Å²) in [6.45, 7) is 10.4. The SMILES string of the molecule is COc1cc2cccc(C(=O)OCC3CO[C@@H](C(=O)N4CCC5(CC4)CC5c4ccc(B5OC(C)(C)C(C)(C)O5)cc4)C3)c2cn1. The molecule has 4 fully saturated rings. The first-order valence-corrected chi connectivity index (χ1v) is 16.4. The lowest BCUT2D eigenvalue weighted by molar-refractivity contribution is -0.142. The minimum Gasteiger partial charge on any atom is -0.481 e. The zero-order chi connectivity index (χ0) is 32.3. The topological polar surface area (TPSA) is 96.4 Å². The number of piperidine rings is 1. The molecule has 3 saturated heterocycles. The van der Waals surface area contributed by atoms with E-state index in [2.05, 4.69) is 56.9 Å². The lowest BCUT2D eigenvalue weighted by Gasteiger charge is -2.34. The van der Waals surface area contributed by atoms with E-state index >= 15 is 0 Å². The highest BCUT2D eigenvalue weighted by Crippen LogP contribution is 2.64. The fourth-order valence-electron chi connectivity index (χ4n) is 7.30. The maximum Gasteiger partial charge on any atom is 0.494 e. The van der Waals surface area contributed by atoms with Crippen molar-refractivity contribution >= 4 is 35.2 Å². The molecule has 0 radical (unpaired) electrons. The molecule has 1 amide bonds. The van der Waals surface area contributed by atoms with E-state index in [1.807, 2.05) is 17.0 Å². The van der Waals surface area contributed by atoms with Crippen LogP contribution in [0.3, 0.4) is 0 Å². The number of methoxy groups -OCH3 is 1. The van der Waals surface area contributed by atoms with Crippen molar-refractivity contribution in [3.8, 4) is 5.88 Å². The highest BCUT2D eigenvalue weighted by atomic mass is 16.7. The lowest BCUT2D eigenvalue weighted by atomic mass is 9.78. The average molecular weight is 627 g/mol. The van der Waals surface area contributed by atoms with E-state index < -0.39 is 12.1 Å². The standard InChI is InChI=1S/C36H43BN2O7/c1-34(2)35(3,4)46-37(45-34)26-11-9-24(10-12-26)29-19-36(29)13-15-39(16-14-36)32(40)30-17-23(21-43-30)22-44-33(41)27-8-6-7-25-18-31(42-5)38-20-28(25)27/h6-12,18,20,23,29-30H,13-17,19,21-22H2,1-5H3/t23?,29?,30-/m1/s1. The van der Waals surface area contributed by atoms with Crippen molar-refractivity contribution in [2.75, 3.05) is 33.4 Å². The Morgan fingerprint density at radius 2 is 1.74 bits per heavy atom. The Morgan fingerprint density at radius 1 is 1.02 bits per heavy atom. The van der Waals surface area contributed by atoms with Gasteiger partial charge in [-0.2, -0.15) is 0 Å². The van der Waals surface area contributed by atoms with E-state index in [9.17, 15) is 9.59 Å². The number of hydrogen-bond donors (Lipinski definition) is 0. The Morgan fingerprint density at radius 3 is 2.43 bits per heavy atom. The van der Waals surface area contributed by atoms with Crippen LogP contribution in [0.5, 0.6) is 5.88 Å². The van der Waals surface area contributed by atoms with Gasteiger partial charge in [-0.15, -0.1) is 0 Å². The van der Waals surface area contributed by atoms with Gasteiger partial charge >= 0.3 is 13.1 Å². The molecule has 4 aliphatic rings. The molecule has 3 atom stereocenters. The maximum absolute atomic E-state index is 13.4. The minimum atomic E-state index is -0.482. The van der Waals surface area contributed by atoms with Crippen molar-refractivity contribution in [2.45, 2.75) is 76.6 Å². The predicted octanol–water partition coefficient (Wildman–Crippen LogP) is 4.90. The van der Waals surface area contributed by atoms with Crippen molar-refractivity contribution in [1.29, 1.82) is 0 Å². The van der Waals surface area contributed by atoms with Gasteiger partial charge in [-0.3, -0.25) is 4.79 Å². The van der Waals surface area contributed by atoms with Crippen LogP contribution < -0.4 is 10.2 Å². The first-order chi connectivity index (χ1) is 22.0. The summed E-state index contributed by atoms with van der Waals surface area (Å²) >= 11 is 0. The molecule has 3 aromatic rings. The molecule has 1 saturated carbocycles. The van der Waals surface area contributed by atoms with Crippen LogP contribution in [0.4, 0.5) is 0 Å². The number of benzene rings is 2. The average Bonchev–Trinajstić information content (AvgIpc) is 3.42. The van der Waals surface area contributed by atoms with E-state index in [0.29, 0.717) is 35.8 Å². The Bertz CT molecular complexity index is 1620. The highest BCUT2D eigenvalue weighted by molar-refractivity contribution is 6.62. The number of fused-ring (bicyclic) bond motifs is 1. The predicted molar refractivity (Wildman–Crippen MR) is 174 cm³/mol. The quantitative estimate of drug-likeness (QED) is 0.270. The first-order valence-electron chi connectivity index (χ1n) is 16.4. The molecule has 1 aromatic heterocycles. The second-order valence-corrected chi connectivity index (χ2v) is 14.5. The maximum atomic E-state index is 13.4. The third kappa shape index (κ3) is 5.69. The molecule has 46 heavy (non-hydrogen) atoms. The van der Waals surface area contributed by atoms with E-state index in [-0.39, 0.29) is 42.2 Å². The zero-order valence-electron chi connectivity index (χ0n) is 27.4. The van der Waals surface area contributed by atoms with Crippen LogP contribution in [0, 0.1) is 11.3 Å². The van der Waals surface area contributed by atoms with Crippen LogP contribution in [-0.2, 0) is 23.6 Å². The normalized spacial score (nSPS) is 26.0. The monoisotopic (exact) mass is 626 g/mol. The molecule has 0 bridgehead atoms. The van der Waals surface area contributed by atoms with E-state index in [0.717, 1.165) is 36.8 Å². The summed E-state index contributed by atoms with van der Waals surface area (Å²) in [4.78, 5) is 32.5. The number of hydrogen-bond acceptors (Lipinski definition) is 8. The number of pyridine rings is 1. The number of rotatable bonds is 7. The van der Waals surface area contributed by atoms with Gasteiger partial charge in [0.05, 0.1) is 37.1 Å². The Balaban J connectivity index is 0.881. The molecule has 4 heterocycles. The Kier molecular flexibility index (Phi) is 7.89. The molecule has 2 aromatic carbocycles. The lowest BCUT2D eigenvalue weighted by Crippen LogP contribution is -2.44. The van der Waals surface area contributed by atoms with E-state index in [1.165, 1.54) is 12.0 Å². The van der Waals surface area contributed by atoms with Crippen LogP contribution in [0.25, 0.3) is 10.8 Å². The van der Waals surface area contributed by atoms with Crippen molar-refractivity contribution in [3.63, 3.8) is 0 Å². The van der Waals surface area contributed by atoms with Crippen LogP contribution in [0.1, 0.15) is 75.2 Å².